The van der Waals surface area contributed by atoms with E-state index in [9.17, 15) is 46.8 Å². The normalized spacial score (nSPS) is 9.87. The number of thiol groups is 1. The SMILES string of the molecule is CCCC(CCC)C(=O)O.CCCCC(=O)O.CCCCCCCCCCCCCCCCCC(=O)O.N#CS.O=C(O)CCC(=O)O.O=C(O)c1ccc(C(=O)O)cc1.O=C(O)c1ccccc1OS(=O)(=O)O.O=S(=O)(O)O. The standard InChI is InChI=1S/C18H36O2.C8H6O4.C8H16O2.C7H6O6S.C5H10O2.C4H6O4.CHNS.H2O4S/c1-2-3-4-5-6-7-8-9-10-11-12-13-14-15-16-17-18(19)20;9-7(10)5-1-2-6(4-3-5)8(11)12;1-3-5-7(6-4-2)8(9)10;8-7(9)5-3-1-2-4-6(5)13-14(10,11)12;1-2-3-4-5(6)7;5-3(6)1-2-4(7)8;2-1-3;1-5(2,3)4/h2-17H2,1H3,(H,19,20);1-4H,(H,9,10)(H,11,12);7H,3-6H2,1-2H3,(H,9,10);1-4H,(H,8,9)(H,10,11,12);2-4H2,1H3,(H,6,7);1-2H2,(H,5,6)(H,7,8);3H;(H2,1,2,3,4). The summed E-state index contributed by atoms with van der Waals surface area (Å²) in [7, 11) is -9.36. The number of carbonyl (C=O) groups is 8. The van der Waals surface area contributed by atoms with Crippen molar-refractivity contribution in [3.63, 3.8) is 0 Å². The molecule has 0 fully saturated rings. The minimum Gasteiger partial charge on any atom is -0.481 e. The summed E-state index contributed by atoms with van der Waals surface area (Å²) in [5, 5.41) is 75.2. The lowest BCUT2D eigenvalue weighted by atomic mass is 9.99. The number of carboxylic acids is 8. The van der Waals surface area contributed by atoms with Gasteiger partial charge in [-0.15, -0.1) is 0 Å². The zero-order valence-corrected chi connectivity index (χ0v) is 47.8. The molecular formula is C51H83NO24S3. The number of thiocyanates is 1. The molecule has 0 bridgehead atoms. The van der Waals surface area contributed by atoms with Crippen molar-refractivity contribution in [3.05, 3.63) is 65.2 Å². The number of nitrogens with zero attached hydrogens (tertiary/aromatic N) is 1. The van der Waals surface area contributed by atoms with E-state index in [2.05, 4.69) is 23.7 Å². The average molecular weight is 1190 g/mol. The van der Waals surface area contributed by atoms with E-state index in [0.717, 1.165) is 63.5 Å². The van der Waals surface area contributed by atoms with Crippen molar-refractivity contribution in [3.8, 4) is 11.2 Å². The van der Waals surface area contributed by atoms with Crippen LogP contribution in [0.2, 0.25) is 0 Å². The number of carboxylic acid groups (broad SMARTS) is 8. The molecule has 2 aromatic rings. The molecule has 0 radical (unpaired) electrons. The van der Waals surface area contributed by atoms with E-state index < -0.39 is 74.3 Å². The molecule has 79 heavy (non-hydrogen) atoms. The van der Waals surface area contributed by atoms with Gasteiger partial charge in [0.2, 0.25) is 0 Å². The Morgan fingerprint density at radius 1 is 0.468 bits per heavy atom. The molecule has 0 aliphatic carbocycles. The van der Waals surface area contributed by atoms with Gasteiger partial charge in [-0.2, -0.15) is 22.1 Å². The highest BCUT2D eigenvalue weighted by atomic mass is 32.3. The Morgan fingerprint density at radius 3 is 1.00 bits per heavy atom. The molecule has 0 atom stereocenters. The quantitative estimate of drug-likeness (QED) is 0.0140. The largest absolute Gasteiger partial charge is 0.481 e. The number of benzene rings is 2. The molecular weight excluding hydrogens is 1110 g/mol. The van der Waals surface area contributed by atoms with Gasteiger partial charge in [0.1, 0.15) is 11.0 Å². The number of para-hydroxylation sites is 1. The molecule has 0 aliphatic rings. The molecule has 0 aromatic heterocycles. The summed E-state index contributed by atoms with van der Waals surface area (Å²) < 4.78 is 64.6. The molecule has 0 spiro atoms. The van der Waals surface area contributed by atoms with Crippen LogP contribution in [0.15, 0.2) is 48.5 Å². The topological polar surface area (TPSA) is 460 Å². The van der Waals surface area contributed by atoms with Gasteiger partial charge >= 0.3 is 68.6 Å². The predicted molar refractivity (Wildman–Crippen MR) is 295 cm³/mol. The molecule has 2 rings (SSSR count). The molecule has 28 heteroatoms. The third-order valence-electron chi connectivity index (χ3n) is 9.61. The van der Waals surface area contributed by atoms with Crippen molar-refractivity contribution < 1.29 is 114 Å². The van der Waals surface area contributed by atoms with Crippen molar-refractivity contribution in [2.24, 2.45) is 5.92 Å². The third kappa shape index (κ3) is 75.9. The minimum atomic E-state index is -4.70. The van der Waals surface area contributed by atoms with Gasteiger partial charge in [-0.1, -0.05) is 162 Å². The first-order valence-corrected chi connectivity index (χ1v) is 28.4. The monoisotopic (exact) mass is 1190 g/mol. The van der Waals surface area contributed by atoms with Crippen molar-refractivity contribution >= 4 is 81.2 Å². The van der Waals surface area contributed by atoms with Crippen LogP contribution in [0.3, 0.4) is 0 Å². The first-order valence-electron chi connectivity index (χ1n) is 25.2. The zero-order chi connectivity index (χ0) is 62.3. The highest BCUT2D eigenvalue weighted by Gasteiger charge is 2.16. The van der Waals surface area contributed by atoms with Gasteiger partial charge in [-0.3, -0.25) is 37.6 Å². The van der Waals surface area contributed by atoms with Gasteiger partial charge in [-0.25, -0.2) is 14.4 Å². The van der Waals surface area contributed by atoms with Crippen molar-refractivity contribution in [2.45, 2.75) is 188 Å². The molecule has 0 unspecified atom stereocenters. The van der Waals surface area contributed by atoms with E-state index in [1.54, 1.807) is 0 Å². The lowest BCUT2D eigenvalue weighted by Gasteiger charge is -2.07. The first-order chi connectivity index (χ1) is 36.8. The number of hydrogen-bond acceptors (Lipinski definition) is 15. The number of aliphatic carboxylic acids is 5. The maximum absolute atomic E-state index is 10.6. The molecule has 0 aliphatic heterocycles. The van der Waals surface area contributed by atoms with E-state index >= 15 is 0 Å². The fourth-order valence-electron chi connectivity index (χ4n) is 5.86. The lowest BCUT2D eigenvalue weighted by molar-refractivity contribution is -0.143. The van der Waals surface area contributed by atoms with Crippen LogP contribution < -0.4 is 4.18 Å². The third-order valence-corrected chi connectivity index (χ3v) is 10.00. The molecule has 0 saturated heterocycles. The number of hydrogen-bond donors (Lipinski definition) is 12. The molecule has 0 saturated carbocycles. The molecule has 2 aromatic carbocycles. The van der Waals surface area contributed by atoms with E-state index in [-0.39, 0.29) is 35.4 Å². The fraction of sp³-hybridized carbons (Fsp3) is 0.588. The summed E-state index contributed by atoms with van der Waals surface area (Å²) in [4.78, 5) is 81.1. The van der Waals surface area contributed by atoms with Gasteiger partial charge in [0, 0.05) is 12.8 Å². The maximum Gasteiger partial charge on any atom is 0.446 e. The fourth-order valence-corrected chi connectivity index (χ4v) is 6.23. The van der Waals surface area contributed by atoms with Crippen LogP contribution in [0.1, 0.15) is 219 Å². The molecule has 454 valence electrons. The van der Waals surface area contributed by atoms with Gasteiger partial charge in [0.05, 0.1) is 29.9 Å². The predicted octanol–water partition coefficient (Wildman–Crippen LogP) is 11.2. The van der Waals surface area contributed by atoms with Gasteiger partial charge in [0.15, 0.2) is 5.75 Å². The van der Waals surface area contributed by atoms with E-state index in [1.165, 1.54) is 125 Å². The van der Waals surface area contributed by atoms with Crippen molar-refractivity contribution in [1.82, 2.24) is 0 Å². The Morgan fingerprint density at radius 2 is 0.759 bits per heavy atom. The van der Waals surface area contributed by atoms with Crippen molar-refractivity contribution in [2.75, 3.05) is 0 Å². The smallest absolute Gasteiger partial charge is 0.446 e. The first kappa shape index (κ1) is 83.9. The van der Waals surface area contributed by atoms with Gasteiger partial charge < -0.3 is 45.0 Å². The highest BCUT2D eigenvalue weighted by Crippen LogP contribution is 2.19. The van der Waals surface area contributed by atoms with Gasteiger partial charge in [-0.05, 0) is 62.1 Å². The van der Waals surface area contributed by atoms with E-state index in [1.807, 2.05) is 20.8 Å². The van der Waals surface area contributed by atoms with Crippen LogP contribution in [0.25, 0.3) is 0 Å². The zero-order valence-electron chi connectivity index (χ0n) is 45.3. The van der Waals surface area contributed by atoms with Crippen LogP contribution >= 0.6 is 12.6 Å². The Labute approximate surface area is 469 Å². The maximum atomic E-state index is 10.6. The Hall–Kier alpha value is -6.38. The van der Waals surface area contributed by atoms with Crippen LogP contribution in [0, 0.1) is 16.6 Å². The molecule has 0 heterocycles. The van der Waals surface area contributed by atoms with Crippen LogP contribution in [-0.2, 0) is 44.8 Å². The molecule has 25 nitrogen and oxygen atoms in total. The summed E-state index contributed by atoms with van der Waals surface area (Å²) in [6.07, 6.45) is 25.3. The number of aromatic carboxylic acids is 3. The molecule has 0 amide bonds. The number of rotatable bonds is 32. The summed E-state index contributed by atoms with van der Waals surface area (Å²) >= 11 is 3.09. The van der Waals surface area contributed by atoms with E-state index in [0.29, 0.717) is 12.8 Å². The summed E-state index contributed by atoms with van der Waals surface area (Å²) in [6.45, 7) is 8.28. The Bertz CT molecular complexity index is 2170. The number of nitriles is 1. The summed E-state index contributed by atoms with van der Waals surface area (Å²) in [5.41, 5.74) is -0.176. The Balaban J connectivity index is -0.000000202. The lowest BCUT2D eigenvalue weighted by Crippen LogP contribution is -2.12. The second-order valence-electron chi connectivity index (χ2n) is 16.5. The number of unbranched alkanes of at least 4 members (excludes halogenated alkanes) is 15. The highest BCUT2D eigenvalue weighted by molar-refractivity contribution is 7.85. The summed E-state index contributed by atoms with van der Waals surface area (Å²) in [5.74, 6) is -8.13. The van der Waals surface area contributed by atoms with Crippen LogP contribution in [0.5, 0.6) is 5.75 Å². The minimum absolute atomic E-state index is 0.0833. The molecule has 11 N–H and O–H groups in total. The average Bonchev–Trinajstić information content (AvgIpc) is 3.34. The van der Waals surface area contributed by atoms with Crippen molar-refractivity contribution in [1.29, 1.82) is 5.26 Å². The Kier molecular flexibility index (Phi) is 59.9. The summed E-state index contributed by atoms with van der Waals surface area (Å²) in [6, 6.07) is 10.1. The van der Waals surface area contributed by atoms with Gasteiger partial charge in [0.25, 0.3) is 0 Å². The second-order valence-corrected chi connectivity index (χ2v) is 18.7. The van der Waals surface area contributed by atoms with Crippen LogP contribution in [0.4, 0.5) is 0 Å². The second kappa shape index (κ2) is 56.3. The van der Waals surface area contributed by atoms with Crippen LogP contribution in [-0.4, -0.2) is 119 Å². The van der Waals surface area contributed by atoms with E-state index in [4.69, 9.17) is 68.2 Å².